The fourth-order valence-corrected chi connectivity index (χ4v) is 1.60. The van der Waals surface area contributed by atoms with Gasteiger partial charge in [-0.05, 0) is 32.0 Å². The highest BCUT2D eigenvalue weighted by molar-refractivity contribution is 5.90. The topological polar surface area (TPSA) is 58.6 Å². The lowest BCUT2D eigenvalue weighted by Crippen LogP contribution is -2.27. The van der Waals surface area contributed by atoms with Crippen molar-refractivity contribution in [3.05, 3.63) is 29.8 Å². The standard InChI is InChI=1S/C14H21NO3/c1-10(2)15-9-8-11(3)18-13-7-5-4-6-12(13)14(16)17/h4-7,10-11,15H,8-9H2,1-3H3,(H,16,17). The second kappa shape index (κ2) is 7.01. The molecular formula is C14H21NO3. The first-order valence-electron chi connectivity index (χ1n) is 6.23. The Morgan fingerprint density at radius 2 is 2.00 bits per heavy atom. The number of nitrogens with one attached hydrogen (secondary N) is 1. The van der Waals surface area contributed by atoms with Gasteiger partial charge in [0.25, 0.3) is 0 Å². The molecule has 0 spiro atoms. The first kappa shape index (κ1) is 14.5. The molecule has 0 aromatic heterocycles. The van der Waals surface area contributed by atoms with Crippen LogP contribution < -0.4 is 10.1 Å². The van der Waals surface area contributed by atoms with Gasteiger partial charge in [0.15, 0.2) is 0 Å². The van der Waals surface area contributed by atoms with Gasteiger partial charge >= 0.3 is 5.97 Å². The van der Waals surface area contributed by atoms with Gasteiger partial charge in [0.05, 0.1) is 6.10 Å². The molecule has 1 rings (SSSR count). The minimum atomic E-state index is -0.960. The molecule has 0 amide bonds. The molecule has 1 aromatic rings. The fraction of sp³-hybridized carbons (Fsp3) is 0.500. The van der Waals surface area contributed by atoms with Gasteiger partial charge in [-0.3, -0.25) is 0 Å². The molecule has 4 heteroatoms. The number of carboxylic acids is 1. The van der Waals surface area contributed by atoms with Gasteiger partial charge in [-0.1, -0.05) is 26.0 Å². The van der Waals surface area contributed by atoms with Crippen molar-refractivity contribution in [2.75, 3.05) is 6.54 Å². The molecular weight excluding hydrogens is 230 g/mol. The highest BCUT2D eigenvalue weighted by Gasteiger charge is 2.12. The molecule has 0 aliphatic heterocycles. The smallest absolute Gasteiger partial charge is 0.339 e. The predicted molar refractivity (Wildman–Crippen MR) is 71.2 cm³/mol. The summed E-state index contributed by atoms with van der Waals surface area (Å²) >= 11 is 0. The van der Waals surface area contributed by atoms with Crippen LogP contribution in [0.4, 0.5) is 0 Å². The van der Waals surface area contributed by atoms with Crippen molar-refractivity contribution < 1.29 is 14.6 Å². The number of para-hydroxylation sites is 1. The summed E-state index contributed by atoms with van der Waals surface area (Å²) in [6.45, 7) is 6.98. The van der Waals surface area contributed by atoms with Crippen LogP contribution in [0.5, 0.6) is 5.75 Å². The summed E-state index contributed by atoms with van der Waals surface area (Å²) in [7, 11) is 0. The van der Waals surface area contributed by atoms with Crippen LogP contribution in [0.25, 0.3) is 0 Å². The maximum absolute atomic E-state index is 11.0. The number of aromatic carboxylic acids is 1. The number of benzene rings is 1. The lowest BCUT2D eigenvalue weighted by molar-refractivity contribution is 0.0689. The van der Waals surface area contributed by atoms with E-state index in [2.05, 4.69) is 19.2 Å². The van der Waals surface area contributed by atoms with Gasteiger partial charge in [0.2, 0.25) is 0 Å². The fourth-order valence-electron chi connectivity index (χ4n) is 1.60. The number of rotatable bonds is 7. The molecule has 0 aliphatic carbocycles. The van der Waals surface area contributed by atoms with E-state index in [0.717, 1.165) is 13.0 Å². The molecule has 100 valence electrons. The summed E-state index contributed by atoms with van der Waals surface area (Å²) in [6.07, 6.45) is 0.823. The Morgan fingerprint density at radius 1 is 1.33 bits per heavy atom. The van der Waals surface area contributed by atoms with Crippen molar-refractivity contribution in [1.82, 2.24) is 5.32 Å². The van der Waals surface area contributed by atoms with E-state index in [-0.39, 0.29) is 11.7 Å². The second-order valence-electron chi connectivity index (χ2n) is 4.63. The van der Waals surface area contributed by atoms with Crippen molar-refractivity contribution in [2.45, 2.75) is 39.3 Å². The Bertz CT molecular complexity index is 390. The van der Waals surface area contributed by atoms with E-state index < -0.39 is 5.97 Å². The first-order valence-corrected chi connectivity index (χ1v) is 6.23. The van der Waals surface area contributed by atoms with E-state index in [1.165, 1.54) is 0 Å². The number of ether oxygens (including phenoxy) is 1. The average molecular weight is 251 g/mol. The predicted octanol–water partition coefficient (Wildman–Crippen LogP) is 2.54. The highest BCUT2D eigenvalue weighted by atomic mass is 16.5. The zero-order valence-electron chi connectivity index (χ0n) is 11.1. The van der Waals surface area contributed by atoms with Crippen LogP contribution in [0.3, 0.4) is 0 Å². The Hall–Kier alpha value is -1.55. The SMILES string of the molecule is CC(C)NCCC(C)Oc1ccccc1C(=O)O. The average Bonchev–Trinajstić information content (AvgIpc) is 2.28. The van der Waals surface area contributed by atoms with Gasteiger partial charge in [-0.15, -0.1) is 0 Å². The second-order valence-corrected chi connectivity index (χ2v) is 4.63. The lowest BCUT2D eigenvalue weighted by Gasteiger charge is -2.17. The zero-order chi connectivity index (χ0) is 13.5. The van der Waals surface area contributed by atoms with Crippen LogP contribution in [0, 0.1) is 0 Å². The van der Waals surface area contributed by atoms with Gasteiger partial charge < -0.3 is 15.2 Å². The van der Waals surface area contributed by atoms with Crippen molar-refractivity contribution >= 4 is 5.97 Å². The summed E-state index contributed by atoms with van der Waals surface area (Å²) < 4.78 is 5.67. The van der Waals surface area contributed by atoms with Gasteiger partial charge in [0.1, 0.15) is 11.3 Å². The third kappa shape index (κ3) is 4.75. The molecule has 4 nitrogen and oxygen atoms in total. The van der Waals surface area contributed by atoms with Gasteiger partial charge in [0, 0.05) is 6.04 Å². The number of hydrogen-bond donors (Lipinski definition) is 2. The molecule has 0 aliphatic rings. The minimum absolute atomic E-state index is 0.0169. The van der Waals surface area contributed by atoms with E-state index in [0.29, 0.717) is 11.8 Å². The van der Waals surface area contributed by atoms with Crippen LogP contribution in [-0.4, -0.2) is 29.8 Å². The monoisotopic (exact) mass is 251 g/mol. The van der Waals surface area contributed by atoms with E-state index >= 15 is 0 Å². The van der Waals surface area contributed by atoms with Gasteiger partial charge in [-0.2, -0.15) is 0 Å². The maximum Gasteiger partial charge on any atom is 0.339 e. The zero-order valence-corrected chi connectivity index (χ0v) is 11.1. The Morgan fingerprint density at radius 3 is 2.61 bits per heavy atom. The van der Waals surface area contributed by atoms with Crippen LogP contribution >= 0.6 is 0 Å². The number of carbonyl (C=O) groups is 1. The van der Waals surface area contributed by atoms with Crippen molar-refractivity contribution in [2.24, 2.45) is 0 Å². The summed E-state index contributed by atoms with van der Waals surface area (Å²) in [5.74, 6) is -0.528. The van der Waals surface area contributed by atoms with Crippen molar-refractivity contribution in [3.63, 3.8) is 0 Å². The largest absolute Gasteiger partial charge is 0.490 e. The molecule has 0 fully saturated rings. The van der Waals surface area contributed by atoms with Crippen LogP contribution in [0.1, 0.15) is 37.6 Å². The molecule has 1 atom stereocenters. The quantitative estimate of drug-likeness (QED) is 0.782. The van der Waals surface area contributed by atoms with E-state index in [1.807, 2.05) is 6.92 Å². The minimum Gasteiger partial charge on any atom is -0.490 e. The lowest BCUT2D eigenvalue weighted by atomic mass is 10.2. The Labute approximate surface area is 108 Å². The van der Waals surface area contributed by atoms with E-state index in [1.54, 1.807) is 24.3 Å². The summed E-state index contributed by atoms with van der Waals surface area (Å²) in [4.78, 5) is 11.0. The van der Waals surface area contributed by atoms with Crippen LogP contribution in [0.2, 0.25) is 0 Å². The summed E-state index contributed by atoms with van der Waals surface area (Å²) in [5.41, 5.74) is 0.209. The third-order valence-electron chi connectivity index (χ3n) is 2.55. The molecule has 1 aromatic carbocycles. The number of hydrogen-bond acceptors (Lipinski definition) is 3. The summed E-state index contributed by atoms with van der Waals surface area (Å²) in [6, 6.07) is 7.16. The molecule has 0 heterocycles. The Balaban J connectivity index is 2.53. The van der Waals surface area contributed by atoms with Crippen LogP contribution in [-0.2, 0) is 0 Å². The third-order valence-corrected chi connectivity index (χ3v) is 2.55. The first-order chi connectivity index (χ1) is 8.50. The molecule has 18 heavy (non-hydrogen) atoms. The molecule has 0 saturated heterocycles. The van der Waals surface area contributed by atoms with E-state index in [9.17, 15) is 4.79 Å². The normalized spacial score (nSPS) is 12.4. The molecule has 0 bridgehead atoms. The highest BCUT2D eigenvalue weighted by Crippen LogP contribution is 2.19. The maximum atomic E-state index is 11.0. The number of carboxylic acid groups (broad SMARTS) is 1. The molecule has 0 radical (unpaired) electrons. The van der Waals surface area contributed by atoms with Crippen molar-refractivity contribution in [1.29, 1.82) is 0 Å². The van der Waals surface area contributed by atoms with E-state index in [4.69, 9.17) is 9.84 Å². The molecule has 0 saturated carbocycles. The molecule has 1 unspecified atom stereocenters. The Kier molecular flexibility index (Phi) is 5.65. The van der Waals surface area contributed by atoms with Gasteiger partial charge in [-0.25, -0.2) is 4.79 Å². The summed E-state index contributed by atoms with van der Waals surface area (Å²) in [5, 5.41) is 12.3. The van der Waals surface area contributed by atoms with Crippen molar-refractivity contribution in [3.8, 4) is 5.75 Å². The molecule has 2 N–H and O–H groups in total. The van der Waals surface area contributed by atoms with Crippen LogP contribution in [0.15, 0.2) is 24.3 Å².